The van der Waals surface area contributed by atoms with E-state index in [4.69, 9.17) is 5.73 Å². The lowest BCUT2D eigenvalue weighted by Gasteiger charge is -2.19. The molecule has 0 unspecified atom stereocenters. The normalized spacial score (nSPS) is 14.9. The molecule has 1 aliphatic rings. The minimum absolute atomic E-state index is 0.0656. The van der Waals surface area contributed by atoms with Crippen LogP contribution in [0.2, 0.25) is 0 Å². The Hall–Kier alpha value is -1.31. The predicted octanol–water partition coefficient (Wildman–Crippen LogP) is 2.35. The molecule has 74 valence electrons. The highest BCUT2D eigenvalue weighted by Gasteiger charge is 2.15. The van der Waals surface area contributed by atoms with E-state index in [1.54, 1.807) is 6.92 Å². The van der Waals surface area contributed by atoms with Crippen LogP contribution in [0.4, 0.5) is 5.69 Å². The van der Waals surface area contributed by atoms with Crippen molar-refractivity contribution >= 4 is 11.5 Å². The Kier molecular flexibility index (Phi) is 2.28. The number of nitrogens with two attached hydrogens (primary N) is 1. The molecule has 2 rings (SSSR count). The summed E-state index contributed by atoms with van der Waals surface area (Å²) in [4.78, 5) is 11.3. The monoisotopic (exact) mass is 189 g/mol. The first-order valence-electron chi connectivity index (χ1n) is 5.11. The van der Waals surface area contributed by atoms with Crippen LogP contribution in [-0.2, 0) is 12.8 Å². The summed E-state index contributed by atoms with van der Waals surface area (Å²) in [7, 11) is 0. The summed E-state index contributed by atoms with van der Waals surface area (Å²) in [5, 5.41) is 0. The number of benzene rings is 1. The van der Waals surface area contributed by atoms with Crippen molar-refractivity contribution in [1.82, 2.24) is 0 Å². The number of aryl methyl sites for hydroxylation is 1. The SMILES string of the molecule is CC(=O)c1ccc2c(c1N)CCCC2. The first kappa shape index (κ1) is 9.25. The summed E-state index contributed by atoms with van der Waals surface area (Å²) < 4.78 is 0. The van der Waals surface area contributed by atoms with Gasteiger partial charge in [0.25, 0.3) is 0 Å². The number of hydrogen-bond donors (Lipinski definition) is 1. The average molecular weight is 189 g/mol. The van der Waals surface area contributed by atoms with Gasteiger partial charge in [-0.05, 0) is 49.8 Å². The van der Waals surface area contributed by atoms with Crippen LogP contribution in [0.15, 0.2) is 12.1 Å². The van der Waals surface area contributed by atoms with Crippen molar-refractivity contribution in [2.24, 2.45) is 0 Å². The highest BCUT2D eigenvalue weighted by atomic mass is 16.1. The smallest absolute Gasteiger partial charge is 0.161 e. The van der Waals surface area contributed by atoms with E-state index in [-0.39, 0.29) is 5.78 Å². The van der Waals surface area contributed by atoms with Gasteiger partial charge in [-0.15, -0.1) is 0 Å². The largest absolute Gasteiger partial charge is 0.398 e. The second-order valence-corrected chi connectivity index (χ2v) is 3.93. The van der Waals surface area contributed by atoms with Gasteiger partial charge in [0.05, 0.1) is 0 Å². The number of anilines is 1. The van der Waals surface area contributed by atoms with Crippen LogP contribution in [0.5, 0.6) is 0 Å². The minimum atomic E-state index is 0.0656. The lowest BCUT2D eigenvalue weighted by molar-refractivity contribution is 0.101. The van der Waals surface area contributed by atoms with Gasteiger partial charge >= 0.3 is 0 Å². The third kappa shape index (κ3) is 1.41. The van der Waals surface area contributed by atoms with E-state index in [2.05, 4.69) is 6.07 Å². The Balaban J connectivity index is 2.54. The lowest BCUT2D eigenvalue weighted by Crippen LogP contribution is -2.10. The van der Waals surface area contributed by atoms with E-state index in [0.29, 0.717) is 5.56 Å². The predicted molar refractivity (Wildman–Crippen MR) is 57.5 cm³/mol. The standard InChI is InChI=1S/C12H15NO/c1-8(14)10-7-6-9-4-2-3-5-11(9)12(10)13/h6-7H,2-5,13H2,1H3. The van der Waals surface area contributed by atoms with E-state index in [1.807, 2.05) is 6.07 Å². The molecule has 0 saturated heterocycles. The number of nitrogen functional groups attached to an aromatic ring is 1. The third-order valence-corrected chi connectivity index (χ3v) is 2.96. The van der Waals surface area contributed by atoms with E-state index < -0.39 is 0 Å². The van der Waals surface area contributed by atoms with E-state index in [0.717, 1.165) is 18.5 Å². The topological polar surface area (TPSA) is 43.1 Å². The maximum atomic E-state index is 11.3. The molecule has 1 aromatic rings. The molecule has 1 aromatic carbocycles. The van der Waals surface area contributed by atoms with E-state index in [9.17, 15) is 4.79 Å². The van der Waals surface area contributed by atoms with Crippen molar-refractivity contribution in [3.63, 3.8) is 0 Å². The fourth-order valence-electron chi connectivity index (χ4n) is 2.16. The zero-order valence-corrected chi connectivity index (χ0v) is 8.47. The Bertz CT molecular complexity index is 382. The van der Waals surface area contributed by atoms with Gasteiger partial charge in [-0.2, -0.15) is 0 Å². The maximum absolute atomic E-state index is 11.3. The van der Waals surface area contributed by atoms with Gasteiger partial charge < -0.3 is 5.73 Å². The molecule has 2 heteroatoms. The molecule has 0 atom stereocenters. The third-order valence-electron chi connectivity index (χ3n) is 2.96. The molecule has 0 radical (unpaired) electrons. The van der Waals surface area contributed by atoms with Gasteiger partial charge in [-0.1, -0.05) is 6.07 Å². The Morgan fingerprint density at radius 2 is 2.00 bits per heavy atom. The van der Waals surface area contributed by atoms with Gasteiger partial charge in [0, 0.05) is 11.3 Å². The molecule has 0 fully saturated rings. The first-order valence-corrected chi connectivity index (χ1v) is 5.11. The van der Waals surface area contributed by atoms with Gasteiger partial charge in [0.1, 0.15) is 0 Å². The second kappa shape index (κ2) is 3.45. The fourth-order valence-corrected chi connectivity index (χ4v) is 2.16. The minimum Gasteiger partial charge on any atom is -0.398 e. The van der Waals surface area contributed by atoms with Crippen LogP contribution in [0.25, 0.3) is 0 Å². The summed E-state index contributed by atoms with van der Waals surface area (Å²) in [6.45, 7) is 1.57. The van der Waals surface area contributed by atoms with Gasteiger partial charge in [0.15, 0.2) is 5.78 Å². The van der Waals surface area contributed by atoms with Crippen molar-refractivity contribution < 1.29 is 4.79 Å². The van der Waals surface area contributed by atoms with Crippen molar-refractivity contribution in [3.8, 4) is 0 Å². The molecule has 0 heterocycles. The summed E-state index contributed by atoms with van der Waals surface area (Å²) in [6, 6.07) is 3.92. The molecule has 0 spiro atoms. The summed E-state index contributed by atoms with van der Waals surface area (Å²) in [6.07, 6.45) is 4.57. The van der Waals surface area contributed by atoms with Crippen LogP contribution >= 0.6 is 0 Å². The number of hydrogen-bond acceptors (Lipinski definition) is 2. The van der Waals surface area contributed by atoms with Crippen LogP contribution in [-0.4, -0.2) is 5.78 Å². The number of carbonyl (C=O) groups excluding carboxylic acids is 1. The molecule has 14 heavy (non-hydrogen) atoms. The molecule has 2 N–H and O–H groups in total. The molecule has 0 aromatic heterocycles. The number of rotatable bonds is 1. The molecule has 0 saturated carbocycles. The van der Waals surface area contributed by atoms with Crippen LogP contribution in [0, 0.1) is 0 Å². The first-order chi connectivity index (χ1) is 6.70. The molecule has 2 nitrogen and oxygen atoms in total. The molecule has 0 bridgehead atoms. The average Bonchev–Trinajstić information content (AvgIpc) is 2.18. The fraction of sp³-hybridized carbons (Fsp3) is 0.417. The van der Waals surface area contributed by atoms with Crippen molar-refractivity contribution in [2.75, 3.05) is 5.73 Å². The molecule has 1 aliphatic carbocycles. The summed E-state index contributed by atoms with van der Waals surface area (Å²) in [5.74, 6) is 0.0656. The Morgan fingerprint density at radius 1 is 1.29 bits per heavy atom. The number of ketones is 1. The van der Waals surface area contributed by atoms with Crippen LogP contribution in [0.1, 0.15) is 41.3 Å². The van der Waals surface area contributed by atoms with Crippen LogP contribution < -0.4 is 5.73 Å². The zero-order chi connectivity index (χ0) is 10.1. The van der Waals surface area contributed by atoms with Crippen LogP contribution in [0.3, 0.4) is 0 Å². The quantitative estimate of drug-likeness (QED) is 0.544. The maximum Gasteiger partial charge on any atom is 0.161 e. The van der Waals surface area contributed by atoms with Crippen molar-refractivity contribution in [2.45, 2.75) is 32.6 Å². The van der Waals surface area contributed by atoms with Gasteiger partial charge in [-0.3, -0.25) is 4.79 Å². The molecular formula is C12H15NO. The number of carbonyl (C=O) groups is 1. The van der Waals surface area contributed by atoms with Gasteiger partial charge in [0.2, 0.25) is 0 Å². The van der Waals surface area contributed by atoms with Crippen molar-refractivity contribution in [1.29, 1.82) is 0 Å². The Labute approximate surface area is 84.1 Å². The summed E-state index contributed by atoms with van der Waals surface area (Å²) in [5.41, 5.74) is 9.93. The molecule has 0 amide bonds. The molecule has 0 aliphatic heterocycles. The van der Waals surface area contributed by atoms with Crippen molar-refractivity contribution in [3.05, 3.63) is 28.8 Å². The Morgan fingerprint density at radius 3 is 2.71 bits per heavy atom. The zero-order valence-electron chi connectivity index (χ0n) is 8.47. The summed E-state index contributed by atoms with van der Waals surface area (Å²) >= 11 is 0. The van der Waals surface area contributed by atoms with Gasteiger partial charge in [-0.25, -0.2) is 0 Å². The van der Waals surface area contributed by atoms with E-state index >= 15 is 0 Å². The highest BCUT2D eigenvalue weighted by molar-refractivity contribution is 5.99. The number of Topliss-reactive ketones (excluding diaryl/α,β-unsaturated/α-hetero) is 1. The second-order valence-electron chi connectivity index (χ2n) is 3.93. The lowest BCUT2D eigenvalue weighted by atomic mass is 9.88. The highest BCUT2D eigenvalue weighted by Crippen LogP contribution is 2.28. The van der Waals surface area contributed by atoms with E-state index in [1.165, 1.54) is 24.0 Å². The molecular weight excluding hydrogens is 174 g/mol. The number of fused-ring (bicyclic) bond motifs is 1.